The predicted molar refractivity (Wildman–Crippen MR) is 118 cm³/mol. The Morgan fingerprint density at radius 2 is 1.96 bits per heavy atom. The van der Waals surface area contributed by atoms with Crippen LogP contribution in [0.1, 0.15) is 16.9 Å². The lowest BCUT2D eigenvalue weighted by atomic mass is 10.1. The van der Waals surface area contributed by atoms with Crippen molar-refractivity contribution >= 4 is 55.7 Å². The van der Waals surface area contributed by atoms with Crippen LogP contribution in [0.15, 0.2) is 49.3 Å². The van der Waals surface area contributed by atoms with Crippen LogP contribution in [-0.4, -0.2) is 34.2 Å². The Morgan fingerprint density at radius 3 is 2.50 bits per heavy atom. The van der Waals surface area contributed by atoms with Gasteiger partial charge in [-0.2, -0.15) is 0 Å². The summed E-state index contributed by atoms with van der Waals surface area (Å²) in [6, 6.07) is 9.12. The van der Waals surface area contributed by atoms with Gasteiger partial charge in [0.2, 0.25) is 0 Å². The molecule has 9 heteroatoms. The number of furan rings is 1. The summed E-state index contributed by atoms with van der Waals surface area (Å²) < 4.78 is 29.5. The normalized spacial score (nSPS) is 11.8. The maximum atomic E-state index is 11.7. The first-order valence-electron chi connectivity index (χ1n) is 7.78. The Morgan fingerprint density at radius 1 is 1.23 bits per heavy atom. The van der Waals surface area contributed by atoms with Crippen LogP contribution in [0.3, 0.4) is 0 Å². The summed E-state index contributed by atoms with van der Waals surface area (Å²) in [6.45, 7) is 3.04. The third-order valence-corrected chi connectivity index (χ3v) is 5.30. The van der Waals surface area contributed by atoms with E-state index >= 15 is 0 Å². The zero-order valence-electron chi connectivity index (χ0n) is 14.9. The van der Waals surface area contributed by atoms with Crippen molar-refractivity contribution in [3.05, 3.63) is 51.9 Å². The molecule has 0 aliphatic heterocycles. The van der Waals surface area contributed by atoms with Gasteiger partial charge in [-0.1, -0.05) is 12.1 Å². The van der Waals surface area contributed by atoms with E-state index in [-0.39, 0.29) is 24.0 Å². The molecule has 0 amide bonds. The first kappa shape index (κ1) is 23.0. The number of halogens is 2. The molecule has 0 radical (unpaired) electrons. The number of aliphatic imine (C=N–C) groups is 1. The average molecular weight is 556 g/mol. The van der Waals surface area contributed by atoms with E-state index in [1.165, 1.54) is 6.26 Å². The van der Waals surface area contributed by atoms with E-state index in [0.29, 0.717) is 23.9 Å². The van der Waals surface area contributed by atoms with Gasteiger partial charge in [0.05, 0.1) is 4.90 Å². The minimum atomic E-state index is -3.19. The summed E-state index contributed by atoms with van der Waals surface area (Å²) in [7, 11) is -1.49. The second-order valence-electron chi connectivity index (χ2n) is 5.68. The molecule has 0 spiro atoms. The lowest BCUT2D eigenvalue weighted by molar-refractivity contribution is 0.486. The van der Waals surface area contributed by atoms with Gasteiger partial charge in [0.25, 0.3) is 0 Å². The van der Waals surface area contributed by atoms with Crippen molar-refractivity contribution in [3.63, 3.8) is 0 Å². The van der Waals surface area contributed by atoms with E-state index in [0.717, 1.165) is 28.0 Å². The molecule has 0 saturated carbocycles. The van der Waals surface area contributed by atoms with Crippen LogP contribution < -0.4 is 10.6 Å². The maximum Gasteiger partial charge on any atom is 0.191 e. The SMILES string of the molecule is CN=C(NCCc1ccc(Br)o1)NCc1ccc(S(C)(=O)=O)c(C)c1.I. The Labute approximate surface area is 179 Å². The zero-order chi connectivity index (χ0) is 18.4. The molecule has 0 saturated heterocycles. The van der Waals surface area contributed by atoms with Crippen LogP contribution in [0.5, 0.6) is 0 Å². The minimum Gasteiger partial charge on any atom is -0.454 e. The summed E-state index contributed by atoms with van der Waals surface area (Å²) in [5.41, 5.74) is 1.73. The van der Waals surface area contributed by atoms with Crippen molar-refractivity contribution in [3.8, 4) is 0 Å². The molecule has 144 valence electrons. The summed E-state index contributed by atoms with van der Waals surface area (Å²) in [5.74, 6) is 1.57. The first-order valence-corrected chi connectivity index (χ1v) is 10.5. The number of guanidine groups is 1. The molecule has 1 aromatic heterocycles. The molecule has 2 N–H and O–H groups in total. The van der Waals surface area contributed by atoms with Crippen LogP contribution >= 0.6 is 39.9 Å². The summed E-state index contributed by atoms with van der Waals surface area (Å²) in [5, 5.41) is 6.43. The first-order chi connectivity index (χ1) is 11.8. The Hall–Kier alpha value is -1.07. The Kier molecular flexibility index (Phi) is 9.11. The standard InChI is InChI=1S/C17H22BrN3O3S.HI/c1-12-10-13(4-6-15(12)25(3,22)23)11-21-17(19-2)20-9-8-14-5-7-16(18)24-14;/h4-7,10H,8-9,11H2,1-3H3,(H2,19,20,21);1H. The van der Waals surface area contributed by atoms with E-state index in [4.69, 9.17) is 4.42 Å². The molecule has 26 heavy (non-hydrogen) atoms. The lowest BCUT2D eigenvalue weighted by Gasteiger charge is -2.12. The number of aryl methyl sites for hydroxylation is 1. The number of hydrogen-bond donors (Lipinski definition) is 2. The van der Waals surface area contributed by atoms with Gasteiger partial charge in [-0.3, -0.25) is 4.99 Å². The van der Waals surface area contributed by atoms with Gasteiger partial charge in [-0.05, 0) is 52.2 Å². The average Bonchev–Trinajstić information content (AvgIpc) is 2.95. The van der Waals surface area contributed by atoms with Gasteiger partial charge in [0, 0.05) is 32.8 Å². The molecule has 0 bridgehead atoms. The second kappa shape index (κ2) is 10.3. The van der Waals surface area contributed by atoms with Gasteiger partial charge in [0.15, 0.2) is 20.5 Å². The van der Waals surface area contributed by atoms with Gasteiger partial charge in [-0.25, -0.2) is 8.42 Å². The quantitative estimate of drug-likeness (QED) is 0.325. The Balaban J connectivity index is 0.00000338. The van der Waals surface area contributed by atoms with Gasteiger partial charge >= 0.3 is 0 Å². The fourth-order valence-corrected chi connectivity index (χ4v) is 3.73. The maximum absolute atomic E-state index is 11.7. The van der Waals surface area contributed by atoms with Crippen LogP contribution in [0.2, 0.25) is 0 Å². The van der Waals surface area contributed by atoms with E-state index in [1.807, 2.05) is 24.3 Å². The van der Waals surface area contributed by atoms with Crippen LogP contribution in [0.4, 0.5) is 0 Å². The third-order valence-electron chi connectivity index (χ3n) is 3.62. The van der Waals surface area contributed by atoms with Gasteiger partial charge in [-0.15, -0.1) is 24.0 Å². The van der Waals surface area contributed by atoms with E-state index in [1.54, 1.807) is 20.0 Å². The highest BCUT2D eigenvalue weighted by Gasteiger charge is 2.11. The van der Waals surface area contributed by atoms with Gasteiger partial charge in [0.1, 0.15) is 5.76 Å². The summed E-state index contributed by atoms with van der Waals surface area (Å²) in [4.78, 5) is 4.54. The molecule has 2 aromatic rings. The molecule has 0 fully saturated rings. The van der Waals surface area contributed by atoms with Crippen molar-refractivity contribution in [2.75, 3.05) is 19.8 Å². The highest BCUT2D eigenvalue weighted by Crippen LogP contribution is 2.16. The minimum absolute atomic E-state index is 0. The van der Waals surface area contributed by atoms with E-state index in [9.17, 15) is 8.42 Å². The molecule has 1 aromatic carbocycles. The monoisotopic (exact) mass is 555 g/mol. The molecule has 0 atom stereocenters. The van der Waals surface area contributed by atoms with Crippen molar-refractivity contribution in [2.24, 2.45) is 4.99 Å². The number of sulfone groups is 1. The number of nitrogens with zero attached hydrogens (tertiary/aromatic N) is 1. The molecular weight excluding hydrogens is 533 g/mol. The molecule has 6 nitrogen and oxygen atoms in total. The van der Waals surface area contributed by atoms with Crippen molar-refractivity contribution in [1.82, 2.24) is 10.6 Å². The molecule has 2 rings (SSSR count). The third kappa shape index (κ3) is 6.92. The smallest absolute Gasteiger partial charge is 0.191 e. The zero-order valence-corrected chi connectivity index (χ0v) is 19.6. The van der Waals surface area contributed by atoms with Crippen LogP contribution in [0.25, 0.3) is 0 Å². The predicted octanol–water partition coefficient (Wildman–Crippen LogP) is 3.28. The number of nitrogens with one attached hydrogen (secondary N) is 2. The molecule has 1 heterocycles. The number of rotatable bonds is 6. The highest BCUT2D eigenvalue weighted by atomic mass is 127. The van der Waals surface area contributed by atoms with Crippen molar-refractivity contribution < 1.29 is 12.8 Å². The van der Waals surface area contributed by atoms with Crippen LogP contribution in [0, 0.1) is 6.92 Å². The summed E-state index contributed by atoms with van der Waals surface area (Å²) in [6.07, 6.45) is 1.96. The summed E-state index contributed by atoms with van der Waals surface area (Å²) >= 11 is 3.28. The Bertz CT molecular complexity index is 866. The molecular formula is C17H23BrIN3O3S. The lowest BCUT2D eigenvalue weighted by Crippen LogP contribution is -2.37. The fourth-order valence-electron chi connectivity index (χ4n) is 2.43. The van der Waals surface area contributed by atoms with E-state index < -0.39 is 9.84 Å². The molecule has 0 aliphatic carbocycles. The van der Waals surface area contributed by atoms with Crippen molar-refractivity contribution in [2.45, 2.75) is 24.8 Å². The topological polar surface area (TPSA) is 83.7 Å². The van der Waals surface area contributed by atoms with Crippen molar-refractivity contribution in [1.29, 1.82) is 0 Å². The van der Waals surface area contributed by atoms with Gasteiger partial charge < -0.3 is 15.1 Å². The second-order valence-corrected chi connectivity index (χ2v) is 8.45. The highest BCUT2D eigenvalue weighted by molar-refractivity contribution is 14.0. The molecule has 0 unspecified atom stereocenters. The number of hydrogen-bond acceptors (Lipinski definition) is 4. The molecule has 0 aliphatic rings. The number of benzene rings is 1. The van der Waals surface area contributed by atoms with E-state index in [2.05, 4.69) is 31.6 Å². The van der Waals surface area contributed by atoms with Crippen LogP contribution in [-0.2, 0) is 22.8 Å². The largest absolute Gasteiger partial charge is 0.454 e. The fraction of sp³-hybridized carbons (Fsp3) is 0.353.